The molecule has 0 aliphatic heterocycles. The van der Waals surface area contributed by atoms with E-state index in [-0.39, 0.29) is 11.6 Å². The van der Waals surface area contributed by atoms with E-state index in [0.717, 1.165) is 33.6 Å². The summed E-state index contributed by atoms with van der Waals surface area (Å²) in [7, 11) is 0. The topological polar surface area (TPSA) is 65.7 Å². The lowest BCUT2D eigenvalue weighted by molar-refractivity contribution is 0.100. The van der Waals surface area contributed by atoms with Crippen LogP contribution in [0.1, 0.15) is 57.2 Å². The lowest BCUT2D eigenvalue weighted by Gasteiger charge is -1.94. The molecule has 0 bridgehead atoms. The van der Waals surface area contributed by atoms with Gasteiger partial charge in [0.1, 0.15) is 0 Å². The van der Waals surface area contributed by atoms with Crippen LogP contribution in [-0.4, -0.2) is 21.5 Å². The van der Waals surface area contributed by atoms with Gasteiger partial charge >= 0.3 is 0 Å². The number of rotatable bonds is 4. The SMILES string of the molecule is C=c1c(C(C)=O)c(C)[nH]c1=CC=Cc1[nH]c(C)c(C(C)=O)c1C. The maximum Gasteiger partial charge on any atom is 0.162 e. The van der Waals surface area contributed by atoms with E-state index in [1.54, 1.807) is 13.8 Å². The van der Waals surface area contributed by atoms with Gasteiger partial charge in [0.2, 0.25) is 0 Å². The van der Waals surface area contributed by atoms with E-state index >= 15 is 0 Å². The zero-order chi connectivity index (χ0) is 17.3. The largest absolute Gasteiger partial charge is 0.358 e. The summed E-state index contributed by atoms with van der Waals surface area (Å²) >= 11 is 0. The van der Waals surface area contributed by atoms with Crippen LogP contribution in [0.2, 0.25) is 0 Å². The number of ketones is 2. The fourth-order valence-electron chi connectivity index (χ4n) is 3.03. The summed E-state index contributed by atoms with van der Waals surface area (Å²) in [5.41, 5.74) is 4.95. The van der Waals surface area contributed by atoms with Crippen LogP contribution in [0.3, 0.4) is 0 Å². The first-order chi connectivity index (χ1) is 10.7. The maximum atomic E-state index is 11.6. The molecule has 0 unspecified atom stereocenters. The van der Waals surface area contributed by atoms with E-state index in [0.29, 0.717) is 10.8 Å². The molecule has 0 aliphatic carbocycles. The quantitative estimate of drug-likeness (QED) is 0.852. The van der Waals surface area contributed by atoms with Crippen LogP contribution in [0.5, 0.6) is 0 Å². The summed E-state index contributed by atoms with van der Waals surface area (Å²) < 4.78 is 0. The van der Waals surface area contributed by atoms with Gasteiger partial charge in [-0.2, -0.15) is 0 Å². The number of aromatic nitrogens is 2. The molecule has 120 valence electrons. The Labute approximate surface area is 135 Å². The van der Waals surface area contributed by atoms with Crippen molar-refractivity contribution in [3.8, 4) is 0 Å². The van der Waals surface area contributed by atoms with Gasteiger partial charge in [0, 0.05) is 38.8 Å². The number of carbonyl (C=O) groups is 2. The van der Waals surface area contributed by atoms with Gasteiger partial charge in [-0.1, -0.05) is 12.7 Å². The summed E-state index contributed by atoms with van der Waals surface area (Å²) in [5, 5.41) is 1.53. The molecule has 2 heterocycles. The fraction of sp³-hybridized carbons (Fsp3) is 0.263. The Morgan fingerprint density at radius 1 is 0.957 bits per heavy atom. The van der Waals surface area contributed by atoms with Gasteiger partial charge in [0.25, 0.3) is 0 Å². The molecule has 0 saturated carbocycles. The molecule has 2 aromatic heterocycles. The molecule has 0 atom stereocenters. The Morgan fingerprint density at radius 3 is 2.00 bits per heavy atom. The number of allylic oxidation sites excluding steroid dienone is 1. The highest BCUT2D eigenvalue weighted by molar-refractivity contribution is 5.97. The maximum absolute atomic E-state index is 11.6. The molecular formula is C19H22N2O2. The smallest absolute Gasteiger partial charge is 0.162 e. The lowest BCUT2D eigenvalue weighted by Crippen LogP contribution is -2.24. The van der Waals surface area contributed by atoms with E-state index in [9.17, 15) is 9.59 Å². The van der Waals surface area contributed by atoms with Crippen molar-refractivity contribution < 1.29 is 9.59 Å². The number of hydrogen-bond acceptors (Lipinski definition) is 2. The minimum atomic E-state index is 0.00863. The molecule has 4 nitrogen and oxygen atoms in total. The van der Waals surface area contributed by atoms with Gasteiger partial charge < -0.3 is 9.97 Å². The molecule has 0 spiro atoms. The first-order valence-corrected chi connectivity index (χ1v) is 7.51. The number of H-pyrrole nitrogens is 2. The van der Waals surface area contributed by atoms with Crippen LogP contribution in [0, 0.1) is 20.8 Å². The van der Waals surface area contributed by atoms with Crippen molar-refractivity contribution in [1.29, 1.82) is 0 Å². The Bertz CT molecular complexity index is 924. The molecule has 2 rings (SSSR count). The van der Waals surface area contributed by atoms with E-state index in [1.165, 1.54) is 0 Å². The molecule has 0 radical (unpaired) electrons. The molecular weight excluding hydrogens is 288 g/mol. The Morgan fingerprint density at radius 2 is 1.52 bits per heavy atom. The van der Waals surface area contributed by atoms with E-state index in [4.69, 9.17) is 0 Å². The van der Waals surface area contributed by atoms with Crippen molar-refractivity contribution in [2.75, 3.05) is 0 Å². The highest BCUT2D eigenvalue weighted by atomic mass is 16.1. The summed E-state index contributed by atoms with van der Waals surface area (Å²) in [4.78, 5) is 29.7. The highest BCUT2D eigenvalue weighted by Gasteiger charge is 2.13. The number of aryl methyl sites for hydroxylation is 2. The number of aromatic amines is 2. The Hall–Kier alpha value is -2.62. The van der Waals surface area contributed by atoms with Crippen LogP contribution in [0.4, 0.5) is 0 Å². The third-order valence-corrected chi connectivity index (χ3v) is 4.03. The third kappa shape index (κ3) is 3.11. The summed E-state index contributed by atoms with van der Waals surface area (Å²) in [6.07, 6.45) is 5.68. The van der Waals surface area contributed by atoms with Crippen molar-refractivity contribution in [3.63, 3.8) is 0 Å². The molecule has 2 N–H and O–H groups in total. The van der Waals surface area contributed by atoms with Gasteiger partial charge in [0.05, 0.1) is 0 Å². The standard InChI is InChI=1S/C19H22N2O2/c1-10-16(20-12(3)18(10)14(5)22)8-7-9-17-11(2)19(15(6)23)13(4)21-17/h7-9,20-21H,1H2,2-6H3. The fourth-order valence-corrected chi connectivity index (χ4v) is 3.03. The Kier molecular flexibility index (Phi) is 4.55. The van der Waals surface area contributed by atoms with Crippen molar-refractivity contribution >= 4 is 30.3 Å². The van der Waals surface area contributed by atoms with Gasteiger partial charge in [-0.25, -0.2) is 0 Å². The van der Waals surface area contributed by atoms with Crippen LogP contribution < -0.4 is 10.6 Å². The van der Waals surface area contributed by atoms with E-state index in [1.807, 2.05) is 39.0 Å². The first kappa shape index (κ1) is 16.7. The van der Waals surface area contributed by atoms with E-state index in [2.05, 4.69) is 16.5 Å². The minimum Gasteiger partial charge on any atom is -0.358 e. The normalized spacial score (nSPS) is 12.3. The van der Waals surface area contributed by atoms with Gasteiger partial charge in [0.15, 0.2) is 11.6 Å². The number of nitrogens with one attached hydrogen (secondary N) is 2. The predicted octanol–water partition coefficient (Wildman–Crippen LogP) is 2.58. The Balaban J connectivity index is 2.42. The molecule has 0 saturated heterocycles. The molecule has 0 amide bonds. The van der Waals surface area contributed by atoms with Crippen molar-refractivity contribution in [1.82, 2.24) is 9.97 Å². The summed E-state index contributed by atoms with van der Waals surface area (Å²) in [6.45, 7) is 12.8. The van der Waals surface area contributed by atoms with Crippen molar-refractivity contribution in [2.24, 2.45) is 0 Å². The average Bonchev–Trinajstić information content (AvgIpc) is 2.87. The van der Waals surface area contributed by atoms with Crippen molar-refractivity contribution in [2.45, 2.75) is 34.6 Å². The molecule has 0 fully saturated rings. The second kappa shape index (κ2) is 6.24. The summed E-state index contributed by atoms with van der Waals surface area (Å²) in [5.74, 6) is 0.0698. The average molecular weight is 310 g/mol. The number of Topliss-reactive ketones (excluding diaryl/α,β-unsaturated/α-hetero) is 2. The third-order valence-electron chi connectivity index (χ3n) is 4.03. The van der Waals surface area contributed by atoms with Gasteiger partial charge in [-0.3, -0.25) is 9.59 Å². The molecule has 4 heteroatoms. The zero-order valence-corrected chi connectivity index (χ0v) is 14.3. The monoisotopic (exact) mass is 310 g/mol. The van der Waals surface area contributed by atoms with Gasteiger partial charge in [-0.05, 0) is 52.3 Å². The molecule has 2 aromatic rings. The number of hydrogen-bond donors (Lipinski definition) is 2. The van der Waals surface area contributed by atoms with E-state index < -0.39 is 0 Å². The summed E-state index contributed by atoms with van der Waals surface area (Å²) in [6, 6.07) is 0. The predicted molar refractivity (Wildman–Crippen MR) is 94.1 cm³/mol. The van der Waals surface area contributed by atoms with Crippen LogP contribution >= 0.6 is 0 Å². The minimum absolute atomic E-state index is 0.00863. The van der Waals surface area contributed by atoms with Crippen molar-refractivity contribution in [3.05, 3.63) is 50.4 Å². The first-order valence-electron chi connectivity index (χ1n) is 7.51. The van der Waals surface area contributed by atoms with Crippen LogP contribution in [0.15, 0.2) is 6.08 Å². The number of carbonyl (C=O) groups excluding carboxylic acids is 2. The van der Waals surface area contributed by atoms with Crippen LogP contribution in [0.25, 0.3) is 18.7 Å². The van der Waals surface area contributed by atoms with Gasteiger partial charge in [-0.15, -0.1) is 0 Å². The second-order valence-corrected chi connectivity index (χ2v) is 5.82. The molecule has 0 aliphatic rings. The highest BCUT2D eigenvalue weighted by Crippen LogP contribution is 2.19. The molecule has 23 heavy (non-hydrogen) atoms. The zero-order valence-electron chi connectivity index (χ0n) is 14.3. The lowest BCUT2D eigenvalue weighted by atomic mass is 10.1. The van der Waals surface area contributed by atoms with Crippen LogP contribution in [-0.2, 0) is 0 Å². The molecule has 0 aromatic carbocycles. The second-order valence-electron chi connectivity index (χ2n) is 5.82.